The average Bonchev–Trinajstić information content (AvgIpc) is 2.57. The molecule has 2 rings (SSSR count). The maximum Gasteiger partial charge on any atom is 0.311 e. The van der Waals surface area contributed by atoms with Crippen LogP contribution in [0.5, 0.6) is 5.75 Å². The lowest BCUT2D eigenvalue weighted by molar-refractivity contribution is -0.152. The Labute approximate surface area is 149 Å². The van der Waals surface area contributed by atoms with Crippen LogP contribution >= 0.6 is 11.6 Å². The number of carbonyl (C=O) groups is 2. The van der Waals surface area contributed by atoms with E-state index in [9.17, 15) is 14.0 Å². The van der Waals surface area contributed by atoms with E-state index in [4.69, 9.17) is 21.1 Å². The molecule has 0 aromatic heterocycles. The van der Waals surface area contributed by atoms with Gasteiger partial charge >= 0.3 is 5.97 Å². The fourth-order valence-electron chi connectivity index (χ4n) is 2.13. The number of ether oxygens (including phenoxy) is 2. The molecule has 0 radical (unpaired) electrons. The molecule has 0 saturated heterocycles. The summed E-state index contributed by atoms with van der Waals surface area (Å²) in [5, 5.41) is 2.83. The molecular weight excluding hydrogens is 349 g/mol. The van der Waals surface area contributed by atoms with Gasteiger partial charge in [0.1, 0.15) is 11.6 Å². The van der Waals surface area contributed by atoms with Crippen molar-refractivity contribution in [1.82, 2.24) is 0 Å². The predicted octanol–water partition coefficient (Wildman–Crippen LogP) is 3.60. The highest BCUT2D eigenvalue weighted by molar-refractivity contribution is 6.30. The molecule has 0 aliphatic rings. The summed E-state index contributed by atoms with van der Waals surface area (Å²) in [5.41, 5.74) is 0.564. The SMILES string of the molecule is COc1ccc(Cl)cc1CC(=O)O[C@@H](C)C(=O)Nc1ccccc1F. The highest BCUT2D eigenvalue weighted by Crippen LogP contribution is 2.23. The second-order valence-electron chi connectivity index (χ2n) is 5.23. The molecule has 0 saturated carbocycles. The summed E-state index contributed by atoms with van der Waals surface area (Å²) in [6, 6.07) is 10.6. The van der Waals surface area contributed by atoms with Crippen LogP contribution in [0.4, 0.5) is 10.1 Å². The van der Waals surface area contributed by atoms with Gasteiger partial charge in [-0.15, -0.1) is 0 Å². The fourth-order valence-corrected chi connectivity index (χ4v) is 2.32. The Morgan fingerprint density at radius 2 is 1.96 bits per heavy atom. The van der Waals surface area contributed by atoms with E-state index in [-0.39, 0.29) is 12.1 Å². The molecule has 5 nitrogen and oxygen atoms in total. The first-order valence-corrected chi connectivity index (χ1v) is 7.85. The highest BCUT2D eigenvalue weighted by Gasteiger charge is 2.20. The minimum atomic E-state index is -1.09. The molecule has 0 spiro atoms. The lowest BCUT2D eigenvalue weighted by atomic mass is 10.1. The largest absolute Gasteiger partial charge is 0.496 e. The number of hydrogen-bond donors (Lipinski definition) is 1. The number of para-hydroxylation sites is 1. The topological polar surface area (TPSA) is 64.6 Å². The maximum absolute atomic E-state index is 13.5. The molecule has 0 heterocycles. The van der Waals surface area contributed by atoms with Gasteiger partial charge in [0.2, 0.25) is 0 Å². The normalized spacial score (nSPS) is 11.5. The van der Waals surface area contributed by atoms with E-state index in [0.717, 1.165) is 0 Å². The van der Waals surface area contributed by atoms with Crippen LogP contribution in [0.1, 0.15) is 12.5 Å². The van der Waals surface area contributed by atoms with Crippen molar-refractivity contribution in [1.29, 1.82) is 0 Å². The number of halogens is 2. The van der Waals surface area contributed by atoms with Gasteiger partial charge in [0, 0.05) is 10.6 Å². The van der Waals surface area contributed by atoms with E-state index in [1.54, 1.807) is 24.3 Å². The summed E-state index contributed by atoms with van der Waals surface area (Å²) in [7, 11) is 1.47. The van der Waals surface area contributed by atoms with Crippen molar-refractivity contribution in [2.45, 2.75) is 19.4 Å². The zero-order valence-corrected chi connectivity index (χ0v) is 14.5. The number of anilines is 1. The van der Waals surface area contributed by atoms with E-state index in [0.29, 0.717) is 16.3 Å². The molecule has 1 amide bonds. The van der Waals surface area contributed by atoms with E-state index in [2.05, 4.69) is 5.32 Å². The molecule has 0 aliphatic carbocycles. The van der Waals surface area contributed by atoms with E-state index >= 15 is 0 Å². The third-order valence-electron chi connectivity index (χ3n) is 3.39. The third-order valence-corrected chi connectivity index (χ3v) is 3.62. The number of methoxy groups -OCH3 is 1. The summed E-state index contributed by atoms with van der Waals surface area (Å²) in [6.45, 7) is 1.41. The Morgan fingerprint density at radius 3 is 2.64 bits per heavy atom. The van der Waals surface area contributed by atoms with Crippen LogP contribution in [-0.4, -0.2) is 25.1 Å². The Hall–Kier alpha value is -2.60. The second kappa shape index (κ2) is 8.48. The predicted molar refractivity (Wildman–Crippen MR) is 92.3 cm³/mol. The smallest absolute Gasteiger partial charge is 0.311 e. The van der Waals surface area contributed by atoms with Crippen molar-refractivity contribution in [2.24, 2.45) is 0 Å². The molecule has 0 fully saturated rings. The molecule has 2 aromatic carbocycles. The summed E-state index contributed by atoms with van der Waals surface area (Å²) in [4.78, 5) is 24.1. The van der Waals surface area contributed by atoms with Crippen molar-refractivity contribution in [2.75, 3.05) is 12.4 Å². The number of esters is 1. The Kier molecular flexibility index (Phi) is 6.36. The van der Waals surface area contributed by atoms with Crippen LogP contribution in [0.3, 0.4) is 0 Å². The number of hydrogen-bond acceptors (Lipinski definition) is 4. The quantitative estimate of drug-likeness (QED) is 0.794. The monoisotopic (exact) mass is 365 g/mol. The van der Waals surface area contributed by atoms with Crippen LogP contribution in [0.25, 0.3) is 0 Å². The molecule has 0 bridgehead atoms. The summed E-state index contributed by atoms with van der Waals surface area (Å²) < 4.78 is 23.8. The zero-order chi connectivity index (χ0) is 18.4. The molecular formula is C18H17ClFNO4. The average molecular weight is 366 g/mol. The number of rotatable bonds is 6. The van der Waals surface area contributed by atoms with Crippen LogP contribution in [0.15, 0.2) is 42.5 Å². The number of amides is 1. The van der Waals surface area contributed by atoms with E-state index in [1.165, 1.54) is 32.2 Å². The Balaban J connectivity index is 1.97. The van der Waals surface area contributed by atoms with Crippen LogP contribution in [0.2, 0.25) is 5.02 Å². The number of nitrogens with one attached hydrogen (secondary N) is 1. The lowest BCUT2D eigenvalue weighted by Crippen LogP contribution is -2.30. The third kappa shape index (κ3) is 5.19. The maximum atomic E-state index is 13.5. The molecule has 7 heteroatoms. The summed E-state index contributed by atoms with van der Waals surface area (Å²) in [6.07, 6.45) is -1.20. The molecule has 0 aliphatic heterocycles. The van der Waals surface area contributed by atoms with Crippen LogP contribution in [0, 0.1) is 5.82 Å². The van der Waals surface area contributed by atoms with E-state index < -0.39 is 23.8 Å². The van der Waals surface area contributed by atoms with Crippen molar-refractivity contribution >= 4 is 29.2 Å². The van der Waals surface area contributed by atoms with E-state index in [1.807, 2.05) is 0 Å². The van der Waals surface area contributed by atoms with Crippen molar-refractivity contribution in [3.8, 4) is 5.75 Å². The molecule has 25 heavy (non-hydrogen) atoms. The first-order valence-electron chi connectivity index (χ1n) is 7.48. The lowest BCUT2D eigenvalue weighted by Gasteiger charge is -2.14. The minimum Gasteiger partial charge on any atom is -0.496 e. The summed E-state index contributed by atoms with van der Waals surface area (Å²) in [5.74, 6) is -1.34. The number of benzene rings is 2. The van der Waals surface area contributed by atoms with Gasteiger partial charge in [-0.25, -0.2) is 4.39 Å². The van der Waals surface area contributed by atoms with Gasteiger partial charge in [-0.1, -0.05) is 23.7 Å². The van der Waals surface area contributed by atoms with Crippen LogP contribution in [-0.2, 0) is 20.7 Å². The Bertz CT molecular complexity index is 781. The van der Waals surface area contributed by atoms with Gasteiger partial charge in [0.25, 0.3) is 5.91 Å². The van der Waals surface area contributed by atoms with Crippen molar-refractivity contribution in [3.63, 3.8) is 0 Å². The standard InChI is InChI=1S/C18H17ClFNO4/c1-11(18(23)21-15-6-4-3-5-14(15)20)25-17(22)10-12-9-13(19)7-8-16(12)24-2/h3-9,11H,10H2,1-2H3,(H,21,23)/t11-/m0/s1. The summed E-state index contributed by atoms with van der Waals surface area (Å²) >= 11 is 5.91. The first-order chi connectivity index (χ1) is 11.9. The molecule has 1 N–H and O–H groups in total. The Morgan fingerprint density at radius 1 is 1.24 bits per heavy atom. The van der Waals surface area contributed by atoms with Crippen molar-refractivity contribution < 1.29 is 23.5 Å². The fraction of sp³-hybridized carbons (Fsp3) is 0.222. The van der Waals surface area contributed by atoms with Gasteiger partial charge in [-0.3, -0.25) is 9.59 Å². The molecule has 2 aromatic rings. The number of carbonyl (C=O) groups excluding carboxylic acids is 2. The minimum absolute atomic E-state index is 0.0203. The highest BCUT2D eigenvalue weighted by atomic mass is 35.5. The van der Waals surface area contributed by atoms with Gasteiger partial charge < -0.3 is 14.8 Å². The van der Waals surface area contributed by atoms with Gasteiger partial charge in [-0.2, -0.15) is 0 Å². The molecule has 1 atom stereocenters. The molecule has 132 valence electrons. The second-order valence-corrected chi connectivity index (χ2v) is 5.67. The zero-order valence-electron chi connectivity index (χ0n) is 13.7. The molecule has 0 unspecified atom stereocenters. The van der Waals surface area contributed by atoms with Gasteiger partial charge in [-0.05, 0) is 37.3 Å². The van der Waals surface area contributed by atoms with Crippen molar-refractivity contribution in [3.05, 3.63) is 58.9 Å². The first kappa shape index (κ1) is 18.7. The van der Waals surface area contributed by atoms with Gasteiger partial charge in [0.05, 0.1) is 19.2 Å². The van der Waals surface area contributed by atoms with Gasteiger partial charge in [0.15, 0.2) is 6.10 Å². The van der Waals surface area contributed by atoms with Crippen LogP contribution < -0.4 is 10.1 Å².